The lowest BCUT2D eigenvalue weighted by Crippen LogP contribution is -2.45. The Hall–Kier alpha value is 0.0269. The fourth-order valence-corrected chi connectivity index (χ4v) is 6.05. The molecule has 0 fully saturated rings. The third-order valence-electron chi connectivity index (χ3n) is 4.68. The van der Waals surface area contributed by atoms with Gasteiger partial charge in [-0.1, -0.05) is 84.0 Å². The Balaban J connectivity index is 0. The number of rotatable bonds is 20. The average Bonchev–Trinajstić information content (AvgIpc) is 2.60. The van der Waals surface area contributed by atoms with Crippen LogP contribution < -0.4 is 0 Å². The van der Waals surface area contributed by atoms with Crippen molar-refractivity contribution in [3.05, 3.63) is 0 Å². The third kappa shape index (κ3) is 16.2. The minimum absolute atomic E-state index is 0. The molecule has 0 spiro atoms. The summed E-state index contributed by atoms with van der Waals surface area (Å²) in [5, 5.41) is 0. The van der Waals surface area contributed by atoms with E-state index in [0.717, 1.165) is 6.04 Å². The summed E-state index contributed by atoms with van der Waals surface area (Å²) in [4.78, 5) is 0. The Morgan fingerprint density at radius 1 is 0.462 bits per heavy atom. The van der Waals surface area contributed by atoms with Gasteiger partial charge in [0.2, 0.25) is 0 Å². The maximum atomic E-state index is 5.91. The van der Waals surface area contributed by atoms with Gasteiger partial charge in [-0.05, 0) is 27.2 Å². The Morgan fingerprint density at radius 2 is 0.769 bits per heavy atom. The van der Waals surface area contributed by atoms with E-state index in [4.69, 9.17) is 13.3 Å². The SMILES string of the molecule is CCCCCCCCCCCCCCC[Si](OCC)(OCC)OCC.F. The van der Waals surface area contributed by atoms with Crippen molar-refractivity contribution in [2.24, 2.45) is 0 Å². The van der Waals surface area contributed by atoms with Crippen LogP contribution in [0.5, 0.6) is 0 Å². The van der Waals surface area contributed by atoms with Gasteiger partial charge in [-0.15, -0.1) is 0 Å². The molecule has 0 saturated carbocycles. The second-order valence-corrected chi connectivity index (χ2v) is 9.71. The molecule has 0 aliphatic heterocycles. The lowest BCUT2D eigenvalue weighted by Gasteiger charge is -2.28. The maximum Gasteiger partial charge on any atom is 0.500 e. The Bertz CT molecular complexity index is 251. The van der Waals surface area contributed by atoms with Gasteiger partial charge in [-0.3, -0.25) is 4.70 Å². The highest BCUT2D eigenvalue weighted by Crippen LogP contribution is 2.21. The highest BCUT2D eigenvalue weighted by atomic mass is 28.4. The first-order valence-electron chi connectivity index (χ1n) is 11.2. The first-order chi connectivity index (χ1) is 12.2. The molecule has 0 atom stereocenters. The molecule has 0 rings (SSSR count). The van der Waals surface area contributed by atoms with Gasteiger partial charge in [0, 0.05) is 25.9 Å². The van der Waals surface area contributed by atoms with E-state index in [9.17, 15) is 0 Å². The van der Waals surface area contributed by atoms with Crippen LogP contribution in [0.4, 0.5) is 4.70 Å². The van der Waals surface area contributed by atoms with E-state index in [-0.39, 0.29) is 4.70 Å². The molecular formula is C21H47FO3Si. The maximum absolute atomic E-state index is 5.91. The van der Waals surface area contributed by atoms with Crippen molar-refractivity contribution in [2.45, 2.75) is 117 Å². The summed E-state index contributed by atoms with van der Waals surface area (Å²) in [7, 11) is -2.40. The summed E-state index contributed by atoms with van der Waals surface area (Å²) < 4.78 is 17.7. The van der Waals surface area contributed by atoms with Gasteiger partial charge in [0.05, 0.1) is 0 Å². The first-order valence-corrected chi connectivity index (χ1v) is 13.1. The molecule has 5 heteroatoms. The summed E-state index contributed by atoms with van der Waals surface area (Å²) in [6.07, 6.45) is 17.9. The lowest BCUT2D eigenvalue weighted by atomic mass is 10.1. The summed E-state index contributed by atoms with van der Waals surface area (Å²) in [5.74, 6) is 0. The lowest BCUT2D eigenvalue weighted by molar-refractivity contribution is 0.0706. The number of hydrogen-bond donors (Lipinski definition) is 0. The summed E-state index contributed by atoms with van der Waals surface area (Å²) in [5.41, 5.74) is 0. The van der Waals surface area contributed by atoms with Crippen LogP contribution in [0, 0.1) is 0 Å². The van der Waals surface area contributed by atoms with Crippen molar-refractivity contribution in [3.63, 3.8) is 0 Å². The van der Waals surface area contributed by atoms with Crippen LogP contribution in [0.3, 0.4) is 0 Å². The quantitative estimate of drug-likeness (QED) is 0.160. The van der Waals surface area contributed by atoms with E-state index in [1.807, 2.05) is 20.8 Å². The average molecular weight is 395 g/mol. The summed E-state index contributed by atoms with van der Waals surface area (Å²) in [6.45, 7) is 10.4. The Morgan fingerprint density at radius 3 is 1.08 bits per heavy atom. The highest BCUT2D eigenvalue weighted by molar-refractivity contribution is 6.60. The molecular weight excluding hydrogens is 347 g/mol. The van der Waals surface area contributed by atoms with Gasteiger partial charge in [-0.2, -0.15) is 0 Å². The van der Waals surface area contributed by atoms with E-state index < -0.39 is 8.80 Å². The zero-order valence-corrected chi connectivity index (χ0v) is 19.2. The molecule has 0 bridgehead atoms. The number of halogens is 1. The molecule has 0 unspecified atom stereocenters. The molecule has 0 aliphatic carbocycles. The van der Waals surface area contributed by atoms with Gasteiger partial charge in [0.25, 0.3) is 0 Å². The van der Waals surface area contributed by atoms with E-state index in [0.29, 0.717) is 19.8 Å². The fourth-order valence-electron chi connectivity index (χ4n) is 3.36. The predicted octanol–water partition coefficient (Wildman–Crippen LogP) is 7.28. The molecule has 0 aromatic carbocycles. The predicted molar refractivity (Wildman–Crippen MR) is 114 cm³/mol. The summed E-state index contributed by atoms with van der Waals surface area (Å²) in [6, 6.07) is 0.972. The second kappa shape index (κ2) is 21.3. The monoisotopic (exact) mass is 394 g/mol. The van der Waals surface area contributed by atoms with Crippen molar-refractivity contribution >= 4 is 8.80 Å². The van der Waals surface area contributed by atoms with Gasteiger partial charge >= 0.3 is 8.80 Å². The minimum atomic E-state index is -2.40. The molecule has 0 amide bonds. The highest BCUT2D eigenvalue weighted by Gasteiger charge is 2.39. The first kappa shape index (κ1) is 28.2. The van der Waals surface area contributed by atoms with Gasteiger partial charge in [-0.25, -0.2) is 0 Å². The molecule has 0 aromatic heterocycles. The normalized spacial score (nSPS) is 11.5. The molecule has 0 heterocycles. The van der Waals surface area contributed by atoms with E-state index in [1.165, 1.54) is 83.5 Å². The molecule has 3 nitrogen and oxygen atoms in total. The molecule has 0 radical (unpaired) electrons. The van der Waals surface area contributed by atoms with Crippen LogP contribution in [0.1, 0.15) is 111 Å². The topological polar surface area (TPSA) is 27.7 Å². The van der Waals surface area contributed by atoms with Gasteiger partial charge < -0.3 is 13.3 Å². The zero-order chi connectivity index (χ0) is 18.6. The van der Waals surface area contributed by atoms with Gasteiger partial charge in [0.15, 0.2) is 0 Å². The van der Waals surface area contributed by atoms with Crippen LogP contribution >= 0.6 is 0 Å². The fraction of sp³-hybridized carbons (Fsp3) is 1.00. The standard InChI is InChI=1S/C21H46O3Si.FH/c1-5-9-10-11-12-13-14-15-16-17-18-19-20-21-25(22-6-2,23-7-3)24-8-4;/h5-21H2,1-4H3;1H. The van der Waals surface area contributed by atoms with Crippen LogP contribution in [0.15, 0.2) is 0 Å². The van der Waals surface area contributed by atoms with Crippen molar-refractivity contribution in [1.82, 2.24) is 0 Å². The van der Waals surface area contributed by atoms with E-state index >= 15 is 0 Å². The minimum Gasteiger partial charge on any atom is -0.374 e. The van der Waals surface area contributed by atoms with Crippen LogP contribution in [-0.2, 0) is 13.3 Å². The molecule has 0 aliphatic rings. The molecule has 26 heavy (non-hydrogen) atoms. The van der Waals surface area contributed by atoms with Crippen LogP contribution in [0.25, 0.3) is 0 Å². The molecule has 0 N–H and O–H groups in total. The Labute approximate surface area is 164 Å². The number of unbranched alkanes of at least 4 members (excludes halogenated alkanes) is 12. The largest absolute Gasteiger partial charge is 0.500 e. The van der Waals surface area contributed by atoms with Crippen LogP contribution in [0.2, 0.25) is 6.04 Å². The van der Waals surface area contributed by atoms with E-state index in [2.05, 4.69) is 6.92 Å². The van der Waals surface area contributed by atoms with Gasteiger partial charge in [0.1, 0.15) is 0 Å². The van der Waals surface area contributed by atoms with Crippen LogP contribution in [-0.4, -0.2) is 28.6 Å². The van der Waals surface area contributed by atoms with Crippen molar-refractivity contribution in [1.29, 1.82) is 0 Å². The van der Waals surface area contributed by atoms with Crippen molar-refractivity contribution in [3.8, 4) is 0 Å². The molecule has 0 aromatic rings. The Kier molecular flexibility index (Phi) is 23.2. The second-order valence-electron chi connectivity index (χ2n) is 6.97. The van der Waals surface area contributed by atoms with Crippen molar-refractivity contribution in [2.75, 3.05) is 19.8 Å². The van der Waals surface area contributed by atoms with Crippen molar-refractivity contribution < 1.29 is 18.0 Å². The number of hydrogen-bond acceptors (Lipinski definition) is 3. The molecule has 0 saturated heterocycles. The smallest absolute Gasteiger partial charge is 0.374 e. The van der Waals surface area contributed by atoms with E-state index in [1.54, 1.807) is 0 Å². The summed E-state index contributed by atoms with van der Waals surface area (Å²) >= 11 is 0. The third-order valence-corrected chi connectivity index (χ3v) is 7.83. The zero-order valence-electron chi connectivity index (χ0n) is 18.2. The molecule has 160 valence electrons.